The van der Waals surface area contributed by atoms with Crippen LogP contribution in [-0.2, 0) is 9.59 Å². The fraction of sp³-hybridized carbons (Fsp3) is 0.333. The minimum Gasteiger partial charge on any atom is -0.497 e. The van der Waals surface area contributed by atoms with Gasteiger partial charge in [0.15, 0.2) is 0 Å². The van der Waals surface area contributed by atoms with Crippen molar-refractivity contribution in [1.29, 1.82) is 0 Å². The summed E-state index contributed by atoms with van der Waals surface area (Å²) in [6, 6.07) is 15.0. The summed E-state index contributed by atoms with van der Waals surface area (Å²) in [5.41, 5.74) is 1.79. The second-order valence-corrected chi connectivity index (χ2v) is 8.54. The highest BCUT2D eigenvalue weighted by molar-refractivity contribution is 7.99. The number of benzene rings is 2. The zero-order valence-corrected chi connectivity index (χ0v) is 17.1. The lowest BCUT2D eigenvalue weighted by atomic mass is 10.1. The molecule has 0 radical (unpaired) electrons. The maximum Gasteiger partial charge on any atom is 0.229 e. The molecule has 0 aromatic heterocycles. The van der Waals surface area contributed by atoms with Crippen LogP contribution in [0.15, 0.2) is 48.5 Å². The predicted octanol–water partition coefficient (Wildman–Crippen LogP) is 3.98. The Morgan fingerprint density at radius 2 is 2.04 bits per heavy atom. The molecule has 4 rings (SSSR count). The van der Waals surface area contributed by atoms with Gasteiger partial charge in [0.05, 0.1) is 13.0 Å². The Morgan fingerprint density at radius 1 is 1.21 bits per heavy atom. The van der Waals surface area contributed by atoms with E-state index in [1.807, 2.05) is 53.4 Å². The molecule has 0 saturated carbocycles. The summed E-state index contributed by atoms with van der Waals surface area (Å²) in [6.45, 7) is 1.08. The average molecular weight is 417 g/mol. The van der Waals surface area contributed by atoms with Crippen LogP contribution in [0.4, 0.5) is 5.69 Å². The number of rotatable bonds is 4. The van der Waals surface area contributed by atoms with E-state index >= 15 is 0 Å². The van der Waals surface area contributed by atoms with E-state index in [2.05, 4.69) is 0 Å². The molecule has 2 aliphatic heterocycles. The van der Waals surface area contributed by atoms with Crippen LogP contribution in [0.1, 0.15) is 17.4 Å². The molecule has 146 valence electrons. The van der Waals surface area contributed by atoms with Gasteiger partial charge >= 0.3 is 0 Å². The van der Waals surface area contributed by atoms with E-state index in [0.29, 0.717) is 23.9 Å². The fourth-order valence-electron chi connectivity index (χ4n) is 3.77. The first kappa shape index (κ1) is 19.2. The van der Waals surface area contributed by atoms with E-state index in [1.54, 1.807) is 23.8 Å². The van der Waals surface area contributed by atoms with Gasteiger partial charge in [-0.05, 0) is 29.8 Å². The topological polar surface area (TPSA) is 49.9 Å². The smallest absolute Gasteiger partial charge is 0.229 e. The average Bonchev–Trinajstić information content (AvgIpc) is 3.34. The molecule has 2 aromatic carbocycles. The molecule has 7 heteroatoms. The van der Waals surface area contributed by atoms with Crippen molar-refractivity contribution in [2.45, 2.75) is 11.8 Å². The van der Waals surface area contributed by atoms with E-state index in [-0.39, 0.29) is 29.5 Å². The molecule has 0 spiro atoms. The second-order valence-electron chi connectivity index (χ2n) is 6.92. The van der Waals surface area contributed by atoms with Crippen molar-refractivity contribution in [2.75, 3.05) is 30.9 Å². The molecule has 2 atom stereocenters. The number of hydrogen-bond donors (Lipinski definition) is 0. The molecule has 0 bridgehead atoms. The van der Waals surface area contributed by atoms with Gasteiger partial charge in [-0.1, -0.05) is 29.8 Å². The summed E-state index contributed by atoms with van der Waals surface area (Å²) in [7, 11) is 1.60. The third-order valence-electron chi connectivity index (χ3n) is 5.15. The number of thioether (sulfide) groups is 1. The highest BCUT2D eigenvalue weighted by atomic mass is 35.5. The third-order valence-corrected chi connectivity index (χ3v) is 6.64. The van der Waals surface area contributed by atoms with E-state index in [4.69, 9.17) is 16.3 Å². The first-order valence-electron chi connectivity index (χ1n) is 9.19. The molecule has 0 N–H and O–H groups in total. The van der Waals surface area contributed by atoms with Crippen molar-refractivity contribution in [3.8, 4) is 5.75 Å². The molecule has 2 amide bonds. The summed E-state index contributed by atoms with van der Waals surface area (Å²) in [4.78, 5) is 29.4. The zero-order valence-electron chi connectivity index (χ0n) is 15.5. The number of halogens is 1. The number of nitrogens with zero attached hydrogens (tertiary/aromatic N) is 2. The van der Waals surface area contributed by atoms with Crippen molar-refractivity contribution >= 4 is 40.9 Å². The van der Waals surface area contributed by atoms with Gasteiger partial charge in [0, 0.05) is 42.0 Å². The van der Waals surface area contributed by atoms with Crippen molar-refractivity contribution in [3.63, 3.8) is 0 Å². The van der Waals surface area contributed by atoms with Crippen LogP contribution < -0.4 is 9.64 Å². The van der Waals surface area contributed by atoms with Crippen LogP contribution in [0, 0.1) is 5.92 Å². The number of hydrogen-bond acceptors (Lipinski definition) is 4. The molecular formula is C21H21ClN2O3S. The normalized spacial score (nSPS) is 22.0. The fourth-order valence-corrected chi connectivity index (χ4v) is 5.22. The number of anilines is 1. The minimum atomic E-state index is -0.334. The van der Waals surface area contributed by atoms with Gasteiger partial charge in [-0.15, -0.1) is 11.8 Å². The maximum absolute atomic E-state index is 13.2. The first-order chi connectivity index (χ1) is 13.6. The molecule has 2 unspecified atom stereocenters. The van der Waals surface area contributed by atoms with Crippen LogP contribution in [-0.4, -0.2) is 42.7 Å². The van der Waals surface area contributed by atoms with Crippen LogP contribution >= 0.6 is 23.4 Å². The van der Waals surface area contributed by atoms with Crippen molar-refractivity contribution in [2.24, 2.45) is 5.92 Å². The van der Waals surface area contributed by atoms with Gasteiger partial charge in [-0.2, -0.15) is 0 Å². The van der Waals surface area contributed by atoms with Crippen molar-refractivity contribution in [1.82, 2.24) is 4.90 Å². The summed E-state index contributed by atoms with van der Waals surface area (Å²) in [5, 5.41) is 0.616. The summed E-state index contributed by atoms with van der Waals surface area (Å²) in [5.74, 6) is 1.24. The first-order valence-corrected chi connectivity index (χ1v) is 10.6. The molecule has 28 heavy (non-hydrogen) atoms. The van der Waals surface area contributed by atoms with E-state index in [1.165, 1.54) is 0 Å². The lowest BCUT2D eigenvalue weighted by molar-refractivity contribution is -0.136. The number of amides is 2. The molecule has 2 aromatic rings. The summed E-state index contributed by atoms with van der Waals surface area (Å²) in [6.07, 6.45) is 0.236. The Hall–Kier alpha value is -2.18. The summed E-state index contributed by atoms with van der Waals surface area (Å²) >= 11 is 7.87. The number of carbonyl (C=O) groups is 2. The molecule has 2 saturated heterocycles. The third kappa shape index (κ3) is 3.71. The van der Waals surface area contributed by atoms with E-state index < -0.39 is 0 Å². The van der Waals surface area contributed by atoms with Gasteiger partial charge in [0.25, 0.3) is 0 Å². The van der Waals surface area contributed by atoms with Crippen molar-refractivity contribution < 1.29 is 14.3 Å². The number of carbonyl (C=O) groups excluding carboxylic acids is 2. The summed E-state index contributed by atoms with van der Waals surface area (Å²) < 4.78 is 5.25. The SMILES string of the molecule is COc1cccc(N2CC(C(=O)N3CCSC3c3cccc(Cl)c3)CC2=O)c1. The standard InChI is InChI=1S/C21H21ClN2O3S/c1-27-18-7-3-6-17(12-18)24-13-15(11-19(24)25)20(26)23-8-9-28-21(23)14-4-2-5-16(22)10-14/h2-7,10,12,15,21H,8-9,11,13H2,1H3. The van der Waals surface area contributed by atoms with Gasteiger partial charge in [0.1, 0.15) is 11.1 Å². The molecular weight excluding hydrogens is 396 g/mol. The van der Waals surface area contributed by atoms with Gasteiger partial charge in [-0.25, -0.2) is 0 Å². The minimum absolute atomic E-state index is 0.0299. The predicted molar refractivity (Wildman–Crippen MR) is 112 cm³/mol. The van der Waals surface area contributed by atoms with Gasteiger partial charge < -0.3 is 14.5 Å². The van der Waals surface area contributed by atoms with Crippen molar-refractivity contribution in [3.05, 3.63) is 59.1 Å². The number of methoxy groups -OCH3 is 1. The lowest BCUT2D eigenvalue weighted by Gasteiger charge is -2.27. The monoisotopic (exact) mass is 416 g/mol. The molecule has 2 heterocycles. The lowest BCUT2D eigenvalue weighted by Crippen LogP contribution is -2.37. The largest absolute Gasteiger partial charge is 0.497 e. The Bertz CT molecular complexity index is 907. The Kier molecular flexibility index (Phi) is 5.51. The molecule has 2 aliphatic rings. The van der Waals surface area contributed by atoms with Crippen LogP contribution in [0.5, 0.6) is 5.75 Å². The molecule has 2 fully saturated rings. The second kappa shape index (κ2) is 8.05. The van der Waals surface area contributed by atoms with Crippen LogP contribution in [0.25, 0.3) is 0 Å². The molecule has 0 aliphatic carbocycles. The van der Waals surface area contributed by atoms with Crippen LogP contribution in [0.2, 0.25) is 5.02 Å². The van der Waals surface area contributed by atoms with E-state index in [0.717, 1.165) is 17.0 Å². The quantitative estimate of drug-likeness (QED) is 0.756. The number of ether oxygens (including phenoxy) is 1. The maximum atomic E-state index is 13.2. The highest BCUT2D eigenvalue weighted by Crippen LogP contribution is 2.40. The Morgan fingerprint density at radius 3 is 2.82 bits per heavy atom. The van der Waals surface area contributed by atoms with Gasteiger partial charge in [-0.3, -0.25) is 9.59 Å². The van der Waals surface area contributed by atoms with Gasteiger partial charge in [0.2, 0.25) is 11.8 Å². The van der Waals surface area contributed by atoms with Crippen LogP contribution in [0.3, 0.4) is 0 Å². The highest BCUT2D eigenvalue weighted by Gasteiger charge is 2.41. The molecule has 5 nitrogen and oxygen atoms in total. The van der Waals surface area contributed by atoms with E-state index in [9.17, 15) is 9.59 Å². The Labute approximate surface area is 173 Å². The zero-order chi connectivity index (χ0) is 19.7. The Balaban J connectivity index is 1.51.